The van der Waals surface area contributed by atoms with Gasteiger partial charge in [0.1, 0.15) is 5.75 Å². The molecule has 6 nitrogen and oxygen atoms in total. The van der Waals surface area contributed by atoms with Crippen LogP contribution in [0.25, 0.3) is 0 Å². The molecule has 1 unspecified atom stereocenters. The Bertz CT molecular complexity index is 950. The van der Waals surface area contributed by atoms with Gasteiger partial charge in [0, 0.05) is 12.1 Å². The van der Waals surface area contributed by atoms with Gasteiger partial charge in [0.05, 0.1) is 12.5 Å². The van der Waals surface area contributed by atoms with E-state index in [1.165, 1.54) is 0 Å². The molecule has 0 radical (unpaired) electrons. The number of ether oxygens (including phenoxy) is 2. The molecule has 5 rings (SSSR count). The van der Waals surface area contributed by atoms with Crippen LogP contribution in [0.5, 0.6) is 5.75 Å². The van der Waals surface area contributed by atoms with E-state index in [0.29, 0.717) is 13.0 Å². The van der Waals surface area contributed by atoms with Gasteiger partial charge in [-0.05, 0) is 65.8 Å². The lowest BCUT2D eigenvalue weighted by molar-refractivity contribution is -0.328. The molecule has 2 fully saturated rings. The summed E-state index contributed by atoms with van der Waals surface area (Å²) in [6.45, 7) is 2.47. The van der Waals surface area contributed by atoms with Crippen molar-refractivity contribution in [3.63, 3.8) is 0 Å². The Hall–Kier alpha value is -2.38. The van der Waals surface area contributed by atoms with E-state index < -0.39 is 23.1 Å². The predicted octanol–water partition coefficient (Wildman–Crippen LogP) is 2.82. The number of esters is 1. The zero-order valence-corrected chi connectivity index (χ0v) is 15.9. The number of nitrogens with zero attached hydrogens (tertiary/aromatic N) is 1. The Balaban J connectivity index is 1.79. The van der Waals surface area contributed by atoms with Crippen LogP contribution in [-0.2, 0) is 36.7 Å². The molecule has 3 heterocycles. The number of thiophene rings is 1. The lowest BCUT2D eigenvalue weighted by Gasteiger charge is -2.51. The van der Waals surface area contributed by atoms with E-state index in [4.69, 9.17) is 14.3 Å². The molecule has 27 heavy (non-hydrogen) atoms. The average molecular weight is 385 g/mol. The minimum absolute atomic E-state index is 0.432. The summed E-state index contributed by atoms with van der Waals surface area (Å²) in [6, 6.07) is 6.09. The molecular weight excluding hydrogens is 366 g/mol. The number of methoxy groups -OCH3 is 1. The van der Waals surface area contributed by atoms with Crippen molar-refractivity contribution in [3.05, 3.63) is 51.2 Å². The zero-order chi connectivity index (χ0) is 18.8. The highest BCUT2D eigenvalue weighted by Crippen LogP contribution is 2.65. The maximum absolute atomic E-state index is 12.4. The second-order valence-corrected chi connectivity index (χ2v) is 8.12. The number of aryl methyl sites for hydroxylation is 1. The summed E-state index contributed by atoms with van der Waals surface area (Å²) in [5.41, 5.74) is 2.49. The maximum atomic E-state index is 12.4. The van der Waals surface area contributed by atoms with Crippen LogP contribution >= 0.6 is 11.3 Å². The number of benzene rings is 1. The molecule has 2 aromatic rings. The third-order valence-electron chi connectivity index (χ3n) is 5.99. The van der Waals surface area contributed by atoms with Crippen molar-refractivity contribution in [2.75, 3.05) is 13.7 Å². The van der Waals surface area contributed by atoms with Gasteiger partial charge in [0.25, 0.3) is 0 Å². The van der Waals surface area contributed by atoms with Crippen LogP contribution in [0, 0.1) is 6.92 Å². The fraction of sp³-hybridized carbons (Fsp3) is 0.400. The van der Waals surface area contributed by atoms with Gasteiger partial charge >= 0.3 is 11.9 Å². The molecule has 0 spiro atoms. The quantitative estimate of drug-likeness (QED) is 0.598. The molecule has 0 N–H and O–H groups in total. The fourth-order valence-corrected chi connectivity index (χ4v) is 5.37. The first kappa shape index (κ1) is 16.8. The number of carbonyl (C=O) groups is 2. The van der Waals surface area contributed by atoms with Gasteiger partial charge in [-0.1, -0.05) is 11.1 Å². The van der Waals surface area contributed by atoms with Gasteiger partial charge < -0.3 is 14.3 Å². The highest BCUT2D eigenvalue weighted by atomic mass is 32.1. The van der Waals surface area contributed by atoms with Crippen molar-refractivity contribution >= 4 is 23.3 Å². The van der Waals surface area contributed by atoms with Crippen LogP contribution in [0.4, 0.5) is 0 Å². The van der Waals surface area contributed by atoms with E-state index in [0.717, 1.165) is 40.8 Å². The zero-order valence-electron chi connectivity index (χ0n) is 15.1. The van der Waals surface area contributed by atoms with E-state index in [2.05, 4.69) is 17.5 Å². The summed E-state index contributed by atoms with van der Waals surface area (Å²) in [5, 5.41) is 5.69. The summed E-state index contributed by atoms with van der Waals surface area (Å²) in [6.07, 6.45) is 2.40. The minimum Gasteiger partial charge on any atom is -0.496 e. The second kappa shape index (κ2) is 5.56. The van der Waals surface area contributed by atoms with Gasteiger partial charge in [-0.25, -0.2) is 9.59 Å². The summed E-state index contributed by atoms with van der Waals surface area (Å²) < 4.78 is 11.5. The second-order valence-electron chi connectivity index (χ2n) is 7.34. The summed E-state index contributed by atoms with van der Waals surface area (Å²) in [4.78, 5) is 29.8. The van der Waals surface area contributed by atoms with Crippen molar-refractivity contribution < 1.29 is 23.9 Å². The lowest BCUT2D eigenvalue weighted by atomic mass is 9.76. The molecule has 0 bridgehead atoms. The largest absolute Gasteiger partial charge is 0.496 e. The number of hydrogen-bond donors (Lipinski definition) is 0. The first-order valence-electron chi connectivity index (χ1n) is 8.95. The fourth-order valence-electron chi connectivity index (χ4n) is 4.61. The molecule has 140 valence electrons. The highest BCUT2D eigenvalue weighted by molar-refractivity contribution is 7.08. The maximum Gasteiger partial charge on any atom is 0.436 e. The van der Waals surface area contributed by atoms with Crippen molar-refractivity contribution in [2.45, 2.75) is 37.3 Å². The van der Waals surface area contributed by atoms with E-state index in [9.17, 15) is 9.59 Å². The molecular formula is C20H19NO5S. The molecule has 1 saturated carbocycles. The molecule has 1 saturated heterocycles. The first-order valence-corrected chi connectivity index (χ1v) is 9.90. The normalized spacial score (nSPS) is 25.9. The lowest BCUT2D eigenvalue weighted by Crippen LogP contribution is -2.64. The van der Waals surface area contributed by atoms with Crippen LogP contribution in [0.2, 0.25) is 0 Å². The van der Waals surface area contributed by atoms with Gasteiger partial charge in [-0.15, -0.1) is 0 Å². The minimum atomic E-state index is -1.16. The Labute approximate surface area is 160 Å². The molecule has 1 aliphatic carbocycles. The Morgan fingerprint density at radius 3 is 2.70 bits per heavy atom. The van der Waals surface area contributed by atoms with Crippen molar-refractivity contribution in [1.29, 1.82) is 0 Å². The molecule has 1 aromatic heterocycles. The molecule has 0 amide bonds. The SMILES string of the molecule is COc1cc2c(cc1C)CCN1OC(=O)C(=O)OC21C1(c2ccsc2)CC1. The number of hydrogen-bond acceptors (Lipinski definition) is 7. The number of hydroxylamine groups is 2. The van der Waals surface area contributed by atoms with Crippen LogP contribution < -0.4 is 4.74 Å². The summed E-state index contributed by atoms with van der Waals surface area (Å²) in [7, 11) is 1.63. The van der Waals surface area contributed by atoms with E-state index >= 15 is 0 Å². The molecule has 3 aliphatic rings. The Morgan fingerprint density at radius 1 is 1.22 bits per heavy atom. The van der Waals surface area contributed by atoms with Crippen LogP contribution in [0.1, 0.15) is 35.1 Å². The third kappa shape index (κ3) is 2.09. The van der Waals surface area contributed by atoms with Gasteiger partial charge in [0.15, 0.2) is 0 Å². The summed E-state index contributed by atoms with van der Waals surface area (Å²) >= 11 is 1.61. The standard InChI is InChI=1S/C20H19NO5S/c1-12-9-13-3-7-21-20(15(13)10-16(12)24-2,25-17(22)18(23)26-21)19(5-6-19)14-4-8-27-11-14/h4,8-11H,3,5-7H2,1-2H3. The number of fused-ring (bicyclic) bond motifs is 3. The Kier molecular flexibility index (Phi) is 3.45. The molecule has 7 heteroatoms. The average Bonchev–Trinajstić information content (AvgIpc) is 3.29. The van der Waals surface area contributed by atoms with Crippen molar-refractivity contribution in [1.82, 2.24) is 5.06 Å². The third-order valence-corrected chi connectivity index (χ3v) is 6.68. The van der Waals surface area contributed by atoms with E-state index in [1.54, 1.807) is 23.5 Å². The van der Waals surface area contributed by atoms with E-state index in [1.807, 2.05) is 18.4 Å². The highest BCUT2D eigenvalue weighted by Gasteiger charge is 2.71. The molecule has 1 atom stereocenters. The van der Waals surface area contributed by atoms with Crippen LogP contribution in [-0.4, -0.2) is 30.7 Å². The van der Waals surface area contributed by atoms with E-state index in [-0.39, 0.29) is 0 Å². The summed E-state index contributed by atoms with van der Waals surface area (Å²) in [5.74, 6) is -1.18. The topological polar surface area (TPSA) is 65.1 Å². The van der Waals surface area contributed by atoms with Crippen LogP contribution in [0.3, 0.4) is 0 Å². The number of rotatable bonds is 3. The van der Waals surface area contributed by atoms with Crippen molar-refractivity contribution in [2.24, 2.45) is 0 Å². The smallest absolute Gasteiger partial charge is 0.436 e. The van der Waals surface area contributed by atoms with Gasteiger partial charge in [0.2, 0.25) is 5.72 Å². The molecule has 2 aliphatic heterocycles. The van der Waals surface area contributed by atoms with Gasteiger partial charge in [-0.2, -0.15) is 11.3 Å². The monoisotopic (exact) mass is 385 g/mol. The molecule has 1 aromatic carbocycles. The Morgan fingerprint density at radius 2 is 2.04 bits per heavy atom. The van der Waals surface area contributed by atoms with Gasteiger partial charge in [-0.3, -0.25) is 0 Å². The number of carbonyl (C=O) groups excluding carboxylic acids is 2. The van der Waals surface area contributed by atoms with Crippen molar-refractivity contribution in [3.8, 4) is 5.75 Å². The predicted molar refractivity (Wildman–Crippen MR) is 97.2 cm³/mol. The van der Waals surface area contributed by atoms with Crippen LogP contribution in [0.15, 0.2) is 29.0 Å². The first-order chi connectivity index (χ1) is 13.0.